The average molecular weight is 617 g/mol. The number of carbonyl (C=O) groups is 1. The Balaban J connectivity index is 1.73. The van der Waals surface area contributed by atoms with Crippen molar-refractivity contribution in [3.8, 4) is 11.6 Å². The molecule has 16 heteroatoms. The van der Waals surface area contributed by atoms with Crippen LogP contribution in [0.4, 0.5) is 32.0 Å². The van der Waals surface area contributed by atoms with E-state index in [0.29, 0.717) is 11.6 Å². The van der Waals surface area contributed by atoms with Gasteiger partial charge in [0.15, 0.2) is 5.69 Å². The van der Waals surface area contributed by atoms with Crippen LogP contribution in [-0.2, 0) is 48.5 Å². The van der Waals surface area contributed by atoms with Crippen molar-refractivity contribution in [2.24, 2.45) is 0 Å². The van der Waals surface area contributed by atoms with Gasteiger partial charge in [0.1, 0.15) is 12.5 Å². The molecule has 0 aliphatic carbocycles. The monoisotopic (exact) mass is 616 g/mol. The zero-order chi connectivity index (χ0) is 31.3. The molecular weight excluding hydrogens is 590 g/mol. The fraction of sp³-hybridized carbons (Fsp3) is 0.407. The maximum absolute atomic E-state index is 14.9. The first kappa shape index (κ1) is 31.6. The van der Waals surface area contributed by atoms with Gasteiger partial charge in [-0.15, -0.1) is 10.2 Å². The highest BCUT2D eigenvalue weighted by Gasteiger charge is 2.61. The van der Waals surface area contributed by atoms with E-state index < -0.39 is 84.1 Å². The highest BCUT2D eigenvalue weighted by molar-refractivity contribution is 5.74. The normalized spacial score (nSPS) is 15.1. The lowest BCUT2D eigenvalue weighted by atomic mass is 9.94. The molecule has 10 nitrogen and oxygen atoms in total. The Hall–Kier alpha value is -4.34. The van der Waals surface area contributed by atoms with E-state index in [1.54, 1.807) is 30.3 Å². The standard InChI is InChI=1S/C27H26F6N4O6/c1-2-39-20(38)14-19-17(26(28,29)30)13-18(34)22(35-19)23-36-37-24(43-23)25(27(31,32)33,10-6-9-21-40-11-12-41-21)42-15-16-7-4-3-5-8-16/h3-5,7-8,11-13,21H,2,6,9-10,14-15,34H2,1H3. The quantitative estimate of drug-likeness (QED) is 0.196. The molecule has 232 valence electrons. The fourth-order valence-electron chi connectivity index (χ4n) is 4.24. The third-order valence-electron chi connectivity index (χ3n) is 6.30. The number of anilines is 1. The van der Waals surface area contributed by atoms with Gasteiger partial charge in [0.2, 0.25) is 11.9 Å². The summed E-state index contributed by atoms with van der Waals surface area (Å²) in [7, 11) is 0. The highest BCUT2D eigenvalue weighted by atomic mass is 19.4. The molecule has 0 bridgehead atoms. The number of benzene rings is 1. The van der Waals surface area contributed by atoms with Gasteiger partial charge in [0, 0.05) is 6.42 Å². The SMILES string of the molecule is CCOC(=O)Cc1nc(-c2nnc(C(CCCC3OC=CO3)(OCc3ccccc3)C(F)(F)F)o2)c(N)cc1C(F)(F)F. The number of ether oxygens (including phenoxy) is 4. The third-order valence-corrected chi connectivity index (χ3v) is 6.30. The Morgan fingerprint density at radius 2 is 1.74 bits per heavy atom. The van der Waals surface area contributed by atoms with Gasteiger partial charge < -0.3 is 29.1 Å². The van der Waals surface area contributed by atoms with E-state index in [9.17, 15) is 31.1 Å². The van der Waals surface area contributed by atoms with Gasteiger partial charge in [0.05, 0.1) is 36.6 Å². The second-order valence-corrected chi connectivity index (χ2v) is 9.28. The van der Waals surface area contributed by atoms with Crippen LogP contribution in [0.2, 0.25) is 0 Å². The van der Waals surface area contributed by atoms with Gasteiger partial charge in [-0.3, -0.25) is 4.79 Å². The number of nitrogens with zero attached hydrogens (tertiary/aromatic N) is 3. The number of aromatic nitrogens is 3. The van der Waals surface area contributed by atoms with E-state index in [-0.39, 0.29) is 19.4 Å². The zero-order valence-corrected chi connectivity index (χ0v) is 22.6. The van der Waals surface area contributed by atoms with E-state index in [1.165, 1.54) is 19.4 Å². The number of halogens is 6. The molecule has 1 aliphatic heterocycles. The Morgan fingerprint density at radius 3 is 2.37 bits per heavy atom. The average Bonchev–Trinajstić information content (AvgIpc) is 3.64. The fourth-order valence-corrected chi connectivity index (χ4v) is 4.24. The topological polar surface area (TPSA) is 132 Å². The molecule has 4 rings (SSSR count). The van der Waals surface area contributed by atoms with Crippen LogP contribution in [-0.4, -0.2) is 40.2 Å². The van der Waals surface area contributed by atoms with Gasteiger partial charge in [-0.1, -0.05) is 30.3 Å². The summed E-state index contributed by atoms with van der Waals surface area (Å²) in [5, 5.41) is 7.20. The highest BCUT2D eigenvalue weighted by Crippen LogP contribution is 2.47. The molecule has 0 saturated heterocycles. The van der Waals surface area contributed by atoms with Gasteiger partial charge in [-0.2, -0.15) is 26.3 Å². The van der Waals surface area contributed by atoms with E-state index in [0.717, 1.165) is 0 Å². The summed E-state index contributed by atoms with van der Waals surface area (Å²) in [5.74, 6) is -2.75. The van der Waals surface area contributed by atoms with E-state index >= 15 is 0 Å². The summed E-state index contributed by atoms with van der Waals surface area (Å²) in [6.07, 6.45) is -10.0. The van der Waals surface area contributed by atoms with Crippen LogP contribution in [0, 0.1) is 0 Å². The Kier molecular flexibility index (Phi) is 9.47. The second kappa shape index (κ2) is 12.9. The largest absolute Gasteiger partial charge is 0.466 e. The van der Waals surface area contributed by atoms with Crippen LogP contribution in [0.5, 0.6) is 0 Å². The van der Waals surface area contributed by atoms with Crippen molar-refractivity contribution >= 4 is 11.7 Å². The number of nitrogen functional groups attached to an aromatic ring is 1. The van der Waals surface area contributed by atoms with Crippen LogP contribution in [0.15, 0.2) is 53.3 Å². The number of hydrogen-bond donors (Lipinski definition) is 1. The van der Waals surface area contributed by atoms with Crippen LogP contribution < -0.4 is 5.73 Å². The second-order valence-electron chi connectivity index (χ2n) is 9.28. The van der Waals surface area contributed by atoms with Crippen molar-refractivity contribution in [2.45, 2.75) is 63.5 Å². The zero-order valence-electron chi connectivity index (χ0n) is 22.6. The third kappa shape index (κ3) is 7.36. The molecule has 0 fully saturated rings. The number of alkyl halides is 6. The summed E-state index contributed by atoms with van der Waals surface area (Å²) < 4.78 is 112. The molecule has 1 atom stereocenters. The maximum atomic E-state index is 14.9. The van der Waals surface area contributed by atoms with Crippen LogP contribution in [0.25, 0.3) is 11.6 Å². The molecule has 43 heavy (non-hydrogen) atoms. The summed E-state index contributed by atoms with van der Waals surface area (Å²) in [5.41, 5.74) is -0.220. The van der Waals surface area contributed by atoms with Crippen molar-refractivity contribution in [1.82, 2.24) is 15.2 Å². The molecule has 1 aromatic carbocycles. The molecule has 2 N–H and O–H groups in total. The smallest absolute Gasteiger partial charge is 0.426 e. The molecule has 3 aromatic rings. The molecule has 0 radical (unpaired) electrons. The molecule has 0 amide bonds. The Bertz CT molecular complexity index is 1420. The number of carbonyl (C=O) groups excluding carboxylic acids is 1. The number of pyridine rings is 1. The summed E-state index contributed by atoms with van der Waals surface area (Å²) in [4.78, 5) is 15.8. The lowest BCUT2D eigenvalue weighted by molar-refractivity contribution is -0.300. The van der Waals surface area contributed by atoms with Gasteiger partial charge in [-0.05, 0) is 31.4 Å². The van der Waals surface area contributed by atoms with Crippen molar-refractivity contribution in [3.05, 3.63) is 71.6 Å². The Morgan fingerprint density at radius 1 is 1.05 bits per heavy atom. The number of esters is 1. The van der Waals surface area contributed by atoms with E-state index in [4.69, 9.17) is 29.1 Å². The number of rotatable bonds is 12. The van der Waals surface area contributed by atoms with Crippen LogP contribution >= 0.6 is 0 Å². The number of hydrogen-bond acceptors (Lipinski definition) is 10. The Labute approximate surface area is 240 Å². The lowest BCUT2D eigenvalue weighted by Gasteiger charge is -2.32. The minimum Gasteiger partial charge on any atom is -0.466 e. The van der Waals surface area contributed by atoms with Crippen molar-refractivity contribution in [3.63, 3.8) is 0 Å². The molecule has 1 unspecified atom stereocenters. The minimum absolute atomic E-state index is 0.0468. The maximum Gasteiger partial charge on any atom is 0.426 e. The molecule has 0 spiro atoms. The lowest BCUT2D eigenvalue weighted by Crippen LogP contribution is -2.45. The molecule has 3 heterocycles. The minimum atomic E-state index is -5.10. The van der Waals surface area contributed by atoms with Crippen LogP contribution in [0.3, 0.4) is 0 Å². The molecule has 0 saturated carbocycles. The molecular formula is C27H26F6N4O6. The van der Waals surface area contributed by atoms with E-state index in [2.05, 4.69) is 15.2 Å². The van der Waals surface area contributed by atoms with Crippen molar-refractivity contribution < 1.29 is 54.5 Å². The number of nitrogens with two attached hydrogens (primary N) is 1. The first-order valence-electron chi connectivity index (χ1n) is 12.9. The van der Waals surface area contributed by atoms with Gasteiger partial charge in [-0.25, -0.2) is 4.98 Å². The van der Waals surface area contributed by atoms with Gasteiger partial charge >= 0.3 is 18.3 Å². The predicted molar refractivity (Wildman–Crippen MR) is 135 cm³/mol. The van der Waals surface area contributed by atoms with E-state index in [1.807, 2.05) is 0 Å². The predicted octanol–water partition coefficient (Wildman–Crippen LogP) is 5.83. The summed E-state index contributed by atoms with van der Waals surface area (Å²) in [6, 6.07) is 8.52. The summed E-state index contributed by atoms with van der Waals surface area (Å²) in [6.45, 7) is 0.856. The van der Waals surface area contributed by atoms with Crippen LogP contribution in [0.1, 0.15) is 48.9 Å². The summed E-state index contributed by atoms with van der Waals surface area (Å²) >= 11 is 0. The molecule has 2 aromatic heterocycles. The first-order chi connectivity index (χ1) is 20.3. The van der Waals surface area contributed by atoms with Crippen molar-refractivity contribution in [1.29, 1.82) is 0 Å². The first-order valence-corrected chi connectivity index (χ1v) is 12.9. The molecule has 1 aliphatic rings. The van der Waals surface area contributed by atoms with Crippen molar-refractivity contribution in [2.75, 3.05) is 12.3 Å². The van der Waals surface area contributed by atoms with Gasteiger partial charge in [0.25, 0.3) is 11.8 Å².